The van der Waals surface area contributed by atoms with Gasteiger partial charge < -0.3 is 24.6 Å². The maximum Gasteiger partial charge on any atom is -0.693 e. The Morgan fingerprint density at radius 3 is 0.625 bits per heavy atom. The second-order valence-corrected chi connectivity index (χ2v) is 9.98. The molecule has 8 N–H and O–H groups in total. The molecule has 0 aliphatic rings. The summed E-state index contributed by atoms with van der Waals surface area (Å²) in [6, 6.07) is 0. The van der Waals surface area contributed by atoms with Crippen molar-refractivity contribution in [2.75, 3.05) is 0 Å². The van der Waals surface area contributed by atoms with E-state index in [0.29, 0.717) is 0 Å². The predicted molar refractivity (Wildman–Crippen MR) is 38.7 cm³/mol. The Balaban J connectivity index is -0.00000000750. The van der Waals surface area contributed by atoms with Gasteiger partial charge >= 0.3 is 42.4 Å². The van der Waals surface area contributed by atoms with Crippen molar-refractivity contribution in [2.45, 2.75) is 0 Å². The molecule has 0 aromatic rings. The van der Waals surface area contributed by atoms with E-state index in [2.05, 4.69) is 0 Å². The molecule has 0 aromatic heterocycles. The fourth-order valence-electron chi connectivity index (χ4n) is 0. The fourth-order valence-corrected chi connectivity index (χ4v) is 0. The van der Waals surface area contributed by atoms with Crippen LogP contribution < -0.4 is 0 Å². The third-order valence-corrected chi connectivity index (χ3v) is 0. The molecule has 0 aliphatic carbocycles. The first-order valence-corrected chi connectivity index (χ1v) is 8.81. The predicted octanol–water partition coefficient (Wildman–Crippen LogP) is 4.93. The monoisotopic (exact) mass is 364 g/mol. The number of hydrogen-bond acceptors (Lipinski definition) is 0. The zero-order valence-electron chi connectivity index (χ0n) is 3.76. The van der Waals surface area contributed by atoms with Crippen LogP contribution in [0.3, 0.4) is 0 Å². The molecule has 8 heavy (non-hydrogen) atoms. The largest absolute Gasteiger partial charge is 0.693 e. The molecule has 4 nitrogen and oxygen atoms in total. The van der Waals surface area contributed by atoms with Gasteiger partial charge in [-0.25, -0.2) is 0 Å². The first-order valence-electron chi connectivity index (χ1n) is 0.359. The Bertz CT molecular complexity index is 16.0. The summed E-state index contributed by atoms with van der Waals surface area (Å²) in [7, 11) is 14.9. The van der Waals surface area contributed by atoms with Gasteiger partial charge in [-0.05, 0) is 0 Å². The molecule has 0 saturated carbocycles. The van der Waals surface area contributed by atoms with Gasteiger partial charge in [-0.1, -0.05) is 0 Å². The molecule has 0 fully saturated rings. The molecule has 0 bridgehead atoms. The van der Waals surface area contributed by atoms with Gasteiger partial charge in [0.25, 0.3) is 0 Å². The van der Waals surface area contributed by atoms with E-state index in [1.165, 1.54) is 0 Å². The van der Waals surface area contributed by atoms with Gasteiger partial charge in [-0.2, -0.15) is 0 Å². The maximum absolute atomic E-state index is 4.96. The van der Waals surface area contributed by atoms with Crippen LogP contribution in [0.1, 0.15) is 0 Å². The Hall–Kier alpha value is 1.40. The molecule has 0 saturated heterocycles. The van der Waals surface area contributed by atoms with Crippen molar-refractivity contribution in [3.63, 3.8) is 0 Å². The molecule has 0 unspecified atom stereocenters. The second-order valence-electron chi connectivity index (χ2n) is 0.136. The third-order valence-electron chi connectivity index (χ3n) is 0. The normalized spacial score (nSPS) is 5.62. The van der Waals surface area contributed by atoms with Crippen molar-refractivity contribution in [1.82, 2.24) is 0 Å². The van der Waals surface area contributed by atoms with Gasteiger partial charge in [0.2, 0.25) is 0 Å². The van der Waals surface area contributed by atoms with Gasteiger partial charge in [-0.15, -0.1) is 0 Å². The molecule has 0 rings (SSSR count). The molecule has 0 spiro atoms. The Labute approximate surface area is 66.9 Å². The van der Waals surface area contributed by atoms with Crippen LogP contribution in [0.2, 0.25) is 0 Å². The van der Waals surface area contributed by atoms with E-state index in [4.69, 9.17) is 28.3 Å². The number of halogens is 3. The maximum atomic E-state index is 4.96. The van der Waals surface area contributed by atoms with E-state index in [1.807, 2.05) is 0 Å². The molecule has 8 heteroatoms. The standard InChI is InChI=1S/3ClH.4H2N.Pt/h3*1H;4*1H2;/q;;;4*-1;+3/p-3. The Kier molecular flexibility index (Phi) is 102. The van der Waals surface area contributed by atoms with Crippen molar-refractivity contribution in [3.05, 3.63) is 24.6 Å². The summed E-state index contributed by atoms with van der Waals surface area (Å²) in [5, 5.41) is 0. The van der Waals surface area contributed by atoms with Gasteiger partial charge in [0, 0.05) is 0 Å². The topological polar surface area (TPSA) is 134 Å². The van der Waals surface area contributed by atoms with E-state index in [0.717, 1.165) is 0 Å². The van der Waals surface area contributed by atoms with Crippen LogP contribution in [0.25, 0.3) is 24.6 Å². The molecule has 63 valence electrons. The fraction of sp³-hybridized carbons (Fsp3) is 0. The van der Waals surface area contributed by atoms with Crippen LogP contribution in [-0.4, -0.2) is 0 Å². The summed E-state index contributed by atoms with van der Waals surface area (Å²) in [5.74, 6) is 0. The minimum absolute atomic E-state index is 0. The van der Waals surface area contributed by atoms with Crippen molar-refractivity contribution in [2.24, 2.45) is 0 Å². The first-order chi connectivity index (χ1) is 1.73. The van der Waals surface area contributed by atoms with Crippen molar-refractivity contribution in [3.8, 4) is 0 Å². The summed E-state index contributed by atoms with van der Waals surface area (Å²) in [6.07, 6.45) is 0. The van der Waals surface area contributed by atoms with Gasteiger partial charge in [-0.3, -0.25) is 0 Å². The van der Waals surface area contributed by atoms with Crippen molar-refractivity contribution >= 4 is 28.3 Å². The van der Waals surface area contributed by atoms with E-state index in [-0.39, 0.29) is 24.6 Å². The number of nitrogens with two attached hydrogens (primary N) is 4. The molecule has 0 radical (unpaired) electrons. The SMILES string of the molecule is [Cl][Pt]([Cl])[Cl].[NH2-].[NH2-].[NH2-].[NH2-]. The quantitative estimate of drug-likeness (QED) is 0.575. The third kappa shape index (κ3) is 155. The average Bonchev–Trinajstić information content (AvgIpc) is 0.811. The van der Waals surface area contributed by atoms with Crippen molar-refractivity contribution < 1.29 is 14.2 Å². The first kappa shape index (κ1) is 34.3. The van der Waals surface area contributed by atoms with Crippen LogP contribution in [0.5, 0.6) is 0 Å². The van der Waals surface area contributed by atoms with Crippen molar-refractivity contribution in [1.29, 1.82) is 0 Å². The van der Waals surface area contributed by atoms with Crippen LogP contribution >= 0.6 is 28.3 Å². The molecule has 0 aromatic carbocycles. The summed E-state index contributed by atoms with van der Waals surface area (Å²) in [6.45, 7) is 0. The van der Waals surface area contributed by atoms with Gasteiger partial charge in [0.1, 0.15) is 0 Å². The molecule has 0 heterocycles. The van der Waals surface area contributed by atoms with Crippen LogP contribution in [-0.2, 0) is 14.2 Å². The second kappa shape index (κ2) is 23.8. The van der Waals surface area contributed by atoms with E-state index < -0.39 is 14.2 Å². The minimum atomic E-state index is -1.85. The summed E-state index contributed by atoms with van der Waals surface area (Å²) >= 11 is -1.85. The van der Waals surface area contributed by atoms with E-state index in [1.54, 1.807) is 0 Å². The zero-order valence-corrected chi connectivity index (χ0v) is 8.30. The number of hydrogen-bond donors (Lipinski definition) is 0. The molecular weight excluding hydrogens is 357 g/mol. The Morgan fingerprint density at radius 2 is 0.625 bits per heavy atom. The summed E-state index contributed by atoms with van der Waals surface area (Å²) < 4.78 is 0. The smallest absolute Gasteiger partial charge is 0.693 e. The van der Waals surface area contributed by atoms with Crippen LogP contribution in [0, 0.1) is 0 Å². The van der Waals surface area contributed by atoms with E-state index >= 15 is 0 Å². The molecule has 0 amide bonds. The minimum Gasteiger partial charge on any atom is -0.693 e. The summed E-state index contributed by atoms with van der Waals surface area (Å²) in [4.78, 5) is 0. The molecule has 0 aliphatic heterocycles. The van der Waals surface area contributed by atoms with Gasteiger partial charge in [0.15, 0.2) is 0 Å². The van der Waals surface area contributed by atoms with Crippen LogP contribution in [0.4, 0.5) is 0 Å². The van der Waals surface area contributed by atoms with E-state index in [9.17, 15) is 0 Å². The van der Waals surface area contributed by atoms with Crippen LogP contribution in [0.15, 0.2) is 0 Å². The van der Waals surface area contributed by atoms with Gasteiger partial charge in [0.05, 0.1) is 0 Å². The Morgan fingerprint density at radius 1 is 0.625 bits per heavy atom. The zero-order chi connectivity index (χ0) is 3.58. The molecular formula is H8Cl3N4Pt-4. The number of rotatable bonds is 0. The molecule has 0 atom stereocenters. The summed E-state index contributed by atoms with van der Waals surface area (Å²) in [5.41, 5.74) is 0. The average molecular weight is 366 g/mol.